The average molecular weight is 743 g/mol. The van der Waals surface area contributed by atoms with Gasteiger partial charge in [0.25, 0.3) is 10.1 Å². The van der Waals surface area contributed by atoms with Crippen LogP contribution in [0.5, 0.6) is 5.75 Å². The standard InChI is InChI=1S/C40H38N8O5S/c1-23-17-37(25(3)15-35(23)45-43-33-13-7-28(22-49)19-39(33)54(51,52)53)47-48-38-18-24(2)36(16-26(38)4)46-44-34-14-8-29-20-31(11-12-32(29)40(34)50)42-21-27-5-9-30(41)10-6-27/h5-20,42,49-50H,21-22,41H2,1-4H3,(H,51,52,53). The number of nitrogens with two attached hydrogens (primary N) is 1. The summed E-state index contributed by atoms with van der Waals surface area (Å²) in [6.07, 6.45) is 0. The van der Waals surface area contributed by atoms with E-state index in [0.29, 0.717) is 51.5 Å². The minimum atomic E-state index is -4.59. The van der Waals surface area contributed by atoms with Crippen LogP contribution in [0.25, 0.3) is 10.8 Å². The summed E-state index contributed by atoms with van der Waals surface area (Å²) < 4.78 is 33.4. The molecule has 0 aliphatic rings. The number of nitrogens with zero attached hydrogens (tertiary/aromatic N) is 6. The fourth-order valence-corrected chi connectivity index (χ4v) is 6.28. The van der Waals surface area contributed by atoms with Gasteiger partial charge in [0.05, 0.1) is 29.4 Å². The number of aryl methyl sites for hydroxylation is 4. The van der Waals surface area contributed by atoms with Gasteiger partial charge in [0.1, 0.15) is 16.3 Å². The molecule has 6 aromatic carbocycles. The van der Waals surface area contributed by atoms with E-state index in [1.807, 2.05) is 88.4 Å². The first kappa shape index (κ1) is 37.4. The molecule has 6 rings (SSSR count). The largest absolute Gasteiger partial charge is 0.505 e. The second-order valence-corrected chi connectivity index (χ2v) is 14.2. The van der Waals surface area contributed by atoms with E-state index in [9.17, 15) is 23.2 Å². The van der Waals surface area contributed by atoms with Gasteiger partial charge in [0.15, 0.2) is 5.75 Å². The predicted molar refractivity (Wildman–Crippen MR) is 210 cm³/mol. The molecular weight excluding hydrogens is 705 g/mol. The third kappa shape index (κ3) is 8.64. The summed E-state index contributed by atoms with van der Waals surface area (Å²) in [5.41, 5.74) is 14.6. The first-order valence-electron chi connectivity index (χ1n) is 16.8. The van der Waals surface area contributed by atoms with Gasteiger partial charge in [-0.1, -0.05) is 24.3 Å². The Morgan fingerprint density at radius 2 is 1.07 bits per heavy atom. The zero-order valence-corrected chi connectivity index (χ0v) is 30.8. The van der Waals surface area contributed by atoms with Gasteiger partial charge >= 0.3 is 0 Å². The lowest BCUT2D eigenvalue weighted by Crippen LogP contribution is -1.99. The van der Waals surface area contributed by atoms with Crippen LogP contribution in [0.3, 0.4) is 0 Å². The molecule has 6 N–H and O–H groups in total. The highest BCUT2D eigenvalue weighted by atomic mass is 32.2. The van der Waals surface area contributed by atoms with Gasteiger partial charge in [-0.05, 0) is 139 Å². The smallest absolute Gasteiger partial charge is 0.296 e. The molecule has 0 fully saturated rings. The number of azo groups is 3. The maximum absolute atomic E-state index is 11.9. The minimum Gasteiger partial charge on any atom is -0.505 e. The number of fused-ring (bicyclic) bond motifs is 1. The van der Waals surface area contributed by atoms with E-state index in [1.165, 1.54) is 12.1 Å². The van der Waals surface area contributed by atoms with Gasteiger partial charge in [-0.25, -0.2) is 0 Å². The van der Waals surface area contributed by atoms with E-state index in [2.05, 4.69) is 36.0 Å². The van der Waals surface area contributed by atoms with Crippen LogP contribution in [0.1, 0.15) is 33.4 Å². The van der Waals surface area contributed by atoms with Crippen LogP contribution < -0.4 is 11.1 Å². The Labute approximate surface area is 312 Å². The van der Waals surface area contributed by atoms with Crippen molar-refractivity contribution in [3.05, 3.63) is 130 Å². The van der Waals surface area contributed by atoms with Crippen LogP contribution >= 0.6 is 0 Å². The highest BCUT2D eigenvalue weighted by molar-refractivity contribution is 7.86. The van der Waals surface area contributed by atoms with Gasteiger partial charge in [-0.15, -0.1) is 10.2 Å². The van der Waals surface area contributed by atoms with Crippen molar-refractivity contribution in [3.63, 3.8) is 0 Å². The number of anilines is 2. The molecule has 0 amide bonds. The molecule has 0 bridgehead atoms. The molecule has 0 spiro atoms. The van der Waals surface area contributed by atoms with Crippen molar-refractivity contribution >= 4 is 66.4 Å². The maximum atomic E-state index is 11.9. The third-order valence-corrected chi connectivity index (χ3v) is 9.64. The first-order valence-corrected chi connectivity index (χ1v) is 18.3. The zero-order valence-electron chi connectivity index (χ0n) is 30.0. The number of aliphatic hydroxyl groups excluding tert-OH is 1. The maximum Gasteiger partial charge on any atom is 0.296 e. The molecule has 0 heterocycles. The number of benzene rings is 6. The SMILES string of the molecule is Cc1cc(N=Nc2ccc(CO)cc2S(=O)(=O)O)c(C)cc1N=Nc1cc(C)c(N=Nc2ccc3cc(NCc4ccc(N)cc4)ccc3c2O)cc1C. The molecule has 0 aliphatic carbocycles. The molecule has 0 aromatic heterocycles. The Bertz CT molecular complexity index is 2590. The lowest BCUT2D eigenvalue weighted by Gasteiger charge is -2.10. The van der Waals surface area contributed by atoms with E-state index in [4.69, 9.17) is 5.73 Å². The van der Waals surface area contributed by atoms with Crippen molar-refractivity contribution in [1.82, 2.24) is 0 Å². The van der Waals surface area contributed by atoms with Crippen LogP contribution in [0.2, 0.25) is 0 Å². The molecular formula is C40H38N8O5S. The number of phenolic OH excluding ortho intramolecular Hbond substituents is 1. The van der Waals surface area contributed by atoms with Crippen LogP contribution in [0.15, 0.2) is 133 Å². The number of aromatic hydroxyl groups is 1. The average Bonchev–Trinajstić information content (AvgIpc) is 3.14. The Morgan fingerprint density at radius 3 is 1.59 bits per heavy atom. The van der Waals surface area contributed by atoms with Gasteiger partial charge in [-0.3, -0.25) is 4.55 Å². The number of nitrogen functional groups attached to an aromatic ring is 1. The number of rotatable bonds is 11. The molecule has 54 heavy (non-hydrogen) atoms. The van der Waals surface area contributed by atoms with Crippen LogP contribution in [-0.4, -0.2) is 23.2 Å². The topological polar surface area (TPSA) is 207 Å². The summed E-state index contributed by atoms with van der Waals surface area (Å²) in [6, 6.07) is 28.4. The van der Waals surface area contributed by atoms with Crippen LogP contribution in [0, 0.1) is 27.7 Å². The van der Waals surface area contributed by atoms with E-state index >= 15 is 0 Å². The Hall–Kier alpha value is -6.35. The summed E-state index contributed by atoms with van der Waals surface area (Å²) in [4.78, 5) is -0.447. The third-order valence-electron chi connectivity index (χ3n) is 8.76. The number of phenols is 1. The molecule has 13 nitrogen and oxygen atoms in total. The quantitative estimate of drug-likeness (QED) is 0.0492. The Balaban J connectivity index is 1.16. The van der Waals surface area contributed by atoms with Crippen molar-refractivity contribution in [2.75, 3.05) is 11.1 Å². The summed E-state index contributed by atoms with van der Waals surface area (Å²) >= 11 is 0. The van der Waals surface area contributed by atoms with Crippen molar-refractivity contribution < 1.29 is 23.2 Å². The molecule has 0 aliphatic heterocycles. The lowest BCUT2D eigenvalue weighted by atomic mass is 10.1. The molecule has 6 aromatic rings. The van der Waals surface area contributed by atoms with Crippen molar-refractivity contribution in [2.24, 2.45) is 30.7 Å². The Kier molecular flexibility index (Phi) is 10.9. The number of hydrogen-bond donors (Lipinski definition) is 5. The molecule has 0 unspecified atom stereocenters. The highest BCUT2D eigenvalue weighted by Crippen LogP contribution is 2.38. The summed E-state index contributed by atoms with van der Waals surface area (Å²) in [7, 11) is -4.59. The predicted octanol–water partition coefficient (Wildman–Crippen LogP) is 11.0. The molecule has 274 valence electrons. The van der Waals surface area contributed by atoms with Crippen molar-refractivity contribution in [3.8, 4) is 5.75 Å². The van der Waals surface area contributed by atoms with E-state index < -0.39 is 21.6 Å². The Morgan fingerprint density at radius 1 is 0.593 bits per heavy atom. The normalized spacial score (nSPS) is 12.1. The second-order valence-electron chi connectivity index (χ2n) is 12.8. The summed E-state index contributed by atoms with van der Waals surface area (Å²) in [5, 5.41) is 51.4. The van der Waals surface area contributed by atoms with Crippen LogP contribution in [-0.2, 0) is 23.3 Å². The van der Waals surface area contributed by atoms with Crippen molar-refractivity contribution in [2.45, 2.75) is 45.7 Å². The zero-order chi connectivity index (χ0) is 38.6. The number of nitrogens with one attached hydrogen (secondary N) is 1. The summed E-state index contributed by atoms with van der Waals surface area (Å²) in [6.45, 7) is 7.69. The monoisotopic (exact) mass is 742 g/mol. The molecule has 14 heteroatoms. The number of hydrogen-bond acceptors (Lipinski definition) is 12. The van der Waals surface area contributed by atoms with E-state index in [-0.39, 0.29) is 11.4 Å². The molecule has 0 saturated carbocycles. The highest BCUT2D eigenvalue weighted by Gasteiger charge is 2.17. The molecule has 0 atom stereocenters. The fourth-order valence-electron chi connectivity index (χ4n) is 5.60. The lowest BCUT2D eigenvalue weighted by molar-refractivity contribution is 0.281. The minimum absolute atomic E-state index is 0.0406. The van der Waals surface area contributed by atoms with Crippen LogP contribution in [0.4, 0.5) is 45.5 Å². The van der Waals surface area contributed by atoms with E-state index in [0.717, 1.165) is 45.1 Å². The van der Waals surface area contributed by atoms with Crippen molar-refractivity contribution in [1.29, 1.82) is 0 Å². The molecule has 0 radical (unpaired) electrons. The van der Waals surface area contributed by atoms with Gasteiger partial charge in [-0.2, -0.15) is 28.9 Å². The second kappa shape index (κ2) is 15.7. The number of aliphatic hydroxyl groups is 1. The van der Waals surface area contributed by atoms with Gasteiger partial charge < -0.3 is 21.3 Å². The van der Waals surface area contributed by atoms with Gasteiger partial charge in [0.2, 0.25) is 0 Å². The van der Waals surface area contributed by atoms with E-state index in [1.54, 1.807) is 18.2 Å². The summed E-state index contributed by atoms with van der Waals surface area (Å²) in [5.74, 6) is 0.0406. The van der Waals surface area contributed by atoms with Gasteiger partial charge in [0, 0.05) is 23.3 Å². The molecule has 0 saturated heterocycles. The first-order chi connectivity index (χ1) is 25.8. The fraction of sp³-hybridized carbons (Fsp3) is 0.150.